The van der Waals surface area contributed by atoms with Crippen LogP contribution in [0.4, 0.5) is 18.9 Å². The fourth-order valence-corrected chi connectivity index (χ4v) is 2.77. The van der Waals surface area contributed by atoms with Crippen molar-refractivity contribution in [2.45, 2.75) is 38.6 Å². The fraction of sp³-hybridized carbons (Fsp3) is 0.529. The van der Waals surface area contributed by atoms with Crippen LogP contribution in [0.5, 0.6) is 0 Å². The van der Waals surface area contributed by atoms with Crippen molar-refractivity contribution in [3.63, 3.8) is 0 Å². The standard InChI is InChI=1S/C17H23F3N4O/c1-10-3-5-11(6-4-10)23-17(21-2)22-9-14(25)24-13-8-7-12(18)15(19)16(13)20/h7-8,10-11H,3-6,9H2,1-2H3,(H,24,25)(H2,21,22,23). The number of anilines is 1. The first-order valence-electron chi connectivity index (χ1n) is 8.31. The normalized spacial score (nSPS) is 20.9. The molecule has 1 aliphatic carbocycles. The van der Waals surface area contributed by atoms with Gasteiger partial charge in [-0.2, -0.15) is 0 Å². The van der Waals surface area contributed by atoms with E-state index in [0.717, 1.165) is 43.7 Å². The summed E-state index contributed by atoms with van der Waals surface area (Å²) < 4.78 is 39.6. The van der Waals surface area contributed by atoms with Gasteiger partial charge in [-0.1, -0.05) is 6.92 Å². The molecule has 1 fully saturated rings. The Bertz CT molecular complexity index is 643. The Morgan fingerprint density at radius 1 is 1.16 bits per heavy atom. The van der Waals surface area contributed by atoms with Crippen molar-refractivity contribution < 1.29 is 18.0 Å². The molecule has 1 aliphatic rings. The van der Waals surface area contributed by atoms with Gasteiger partial charge in [-0.05, 0) is 43.7 Å². The summed E-state index contributed by atoms with van der Waals surface area (Å²) in [5, 5.41) is 8.28. The van der Waals surface area contributed by atoms with Gasteiger partial charge in [-0.15, -0.1) is 0 Å². The summed E-state index contributed by atoms with van der Waals surface area (Å²) in [4.78, 5) is 15.9. The van der Waals surface area contributed by atoms with Crippen molar-refractivity contribution in [1.82, 2.24) is 10.6 Å². The second-order valence-corrected chi connectivity index (χ2v) is 6.30. The van der Waals surface area contributed by atoms with E-state index in [-0.39, 0.29) is 6.54 Å². The Hall–Kier alpha value is -2.25. The van der Waals surface area contributed by atoms with Crippen molar-refractivity contribution in [2.24, 2.45) is 10.9 Å². The van der Waals surface area contributed by atoms with Gasteiger partial charge in [0.25, 0.3) is 0 Å². The third-order valence-electron chi connectivity index (χ3n) is 4.31. The van der Waals surface area contributed by atoms with Crippen LogP contribution in [-0.4, -0.2) is 31.5 Å². The summed E-state index contributed by atoms with van der Waals surface area (Å²) in [6.45, 7) is 2.05. The lowest BCUT2D eigenvalue weighted by Gasteiger charge is -2.28. The predicted molar refractivity (Wildman–Crippen MR) is 90.9 cm³/mol. The lowest BCUT2D eigenvalue weighted by Crippen LogP contribution is -2.46. The molecule has 1 aromatic rings. The van der Waals surface area contributed by atoms with Gasteiger partial charge in [0.15, 0.2) is 23.4 Å². The number of guanidine groups is 1. The Balaban J connectivity index is 1.83. The molecule has 1 saturated carbocycles. The zero-order chi connectivity index (χ0) is 18.4. The third kappa shape index (κ3) is 5.37. The summed E-state index contributed by atoms with van der Waals surface area (Å²) >= 11 is 0. The fourth-order valence-electron chi connectivity index (χ4n) is 2.77. The minimum atomic E-state index is -1.62. The highest BCUT2D eigenvalue weighted by Crippen LogP contribution is 2.23. The second-order valence-electron chi connectivity index (χ2n) is 6.30. The average Bonchev–Trinajstić information content (AvgIpc) is 2.60. The molecule has 1 amide bonds. The smallest absolute Gasteiger partial charge is 0.243 e. The highest BCUT2D eigenvalue weighted by atomic mass is 19.2. The summed E-state index contributed by atoms with van der Waals surface area (Å²) in [6, 6.07) is 2.03. The van der Waals surface area contributed by atoms with Crippen LogP contribution >= 0.6 is 0 Å². The number of halogens is 3. The van der Waals surface area contributed by atoms with Crippen LogP contribution in [0.25, 0.3) is 0 Å². The van der Waals surface area contributed by atoms with Crippen LogP contribution in [0.1, 0.15) is 32.6 Å². The minimum Gasteiger partial charge on any atom is -0.354 e. The van der Waals surface area contributed by atoms with E-state index in [9.17, 15) is 18.0 Å². The largest absolute Gasteiger partial charge is 0.354 e. The van der Waals surface area contributed by atoms with E-state index in [1.165, 1.54) is 0 Å². The summed E-state index contributed by atoms with van der Waals surface area (Å²) in [5.74, 6) is -3.74. The molecular formula is C17H23F3N4O. The zero-order valence-corrected chi connectivity index (χ0v) is 14.3. The highest BCUT2D eigenvalue weighted by Gasteiger charge is 2.19. The van der Waals surface area contributed by atoms with Gasteiger partial charge in [-0.3, -0.25) is 9.79 Å². The van der Waals surface area contributed by atoms with Crippen molar-refractivity contribution >= 4 is 17.6 Å². The number of nitrogens with one attached hydrogen (secondary N) is 3. The zero-order valence-electron chi connectivity index (χ0n) is 14.3. The predicted octanol–water partition coefficient (Wildman–Crippen LogP) is 2.79. The van der Waals surface area contributed by atoms with Crippen LogP contribution in [-0.2, 0) is 4.79 Å². The number of rotatable bonds is 4. The van der Waals surface area contributed by atoms with Gasteiger partial charge in [-0.25, -0.2) is 13.2 Å². The monoisotopic (exact) mass is 356 g/mol. The number of benzene rings is 1. The number of hydrogen-bond donors (Lipinski definition) is 3. The van der Waals surface area contributed by atoms with E-state index in [2.05, 4.69) is 27.9 Å². The maximum absolute atomic E-state index is 13.5. The molecule has 0 atom stereocenters. The van der Waals surface area contributed by atoms with Gasteiger partial charge < -0.3 is 16.0 Å². The van der Waals surface area contributed by atoms with Crippen LogP contribution in [0.3, 0.4) is 0 Å². The van der Waals surface area contributed by atoms with Crippen LogP contribution in [0, 0.1) is 23.4 Å². The SMILES string of the molecule is CN=C(NCC(=O)Nc1ccc(F)c(F)c1F)NC1CCC(C)CC1. The number of nitrogens with zero attached hydrogens (tertiary/aromatic N) is 1. The van der Waals surface area contributed by atoms with Gasteiger partial charge in [0.2, 0.25) is 5.91 Å². The van der Waals surface area contributed by atoms with Gasteiger partial charge in [0.1, 0.15) is 0 Å². The average molecular weight is 356 g/mol. The Kier molecular flexibility index (Phi) is 6.66. The molecule has 0 radical (unpaired) electrons. The van der Waals surface area contributed by atoms with E-state index in [0.29, 0.717) is 12.0 Å². The van der Waals surface area contributed by atoms with Gasteiger partial charge >= 0.3 is 0 Å². The highest BCUT2D eigenvalue weighted by molar-refractivity contribution is 5.95. The molecular weight excluding hydrogens is 333 g/mol. The maximum Gasteiger partial charge on any atom is 0.243 e. The summed E-state index contributed by atoms with van der Waals surface area (Å²) in [7, 11) is 1.59. The quantitative estimate of drug-likeness (QED) is 0.442. The number of hydrogen-bond acceptors (Lipinski definition) is 2. The lowest BCUT2D eigenvalue weighted by atomic mass is 9.87. The summed E-state index contributed by atoms with van der Waals surface area (Å²) in [6.07, 6.45) is 4.36. The topological polar surface area (TPSA) is 65.5 Å². The van der Waals surface area contributed by atoms with Crippen LogP contribution < -0.4 is 16.0 Å². The number of carbonyl (C=O) groups is 1. The van der Waals surface area contributed by atoms with E-state index >= 15 is 0 Å². The first kappa shape index (κ1) is 19.1. The Morgan fingerprint density at radius 2 is 1.84 bits per heavy atom. The molecule has 0 aromatic heterocycles. The van der Waals surface area contributed by atoms with E-state index in [1.54, 1.807) is 7.05 Å². The number of amides is 1. The number of carbonyl (C=O) groups excluding carboxylic acids is 1. The van der Waals surface area contributed by atoms with Crippen molar-refractivity contribution in [3.05, 3.63) is 29.6 Å². The lowest BCUT2D eigenvalue weighted by molar-refractivity contribution is -0.115. The van der Waals surface area contributed by atoms with Crippen LogP contribution in [0.2, 0.25) is 0 Å². The second kappa shape index (κ2) is 8.73. The molecule has 138 valence electrons. The van der Waals surface area contributed by atoms with Gasteiger partial charge in [0, 0.05) is 13.1 Å². The molecule has 1 aromatic carbocycles. The Labute approximate surface area is 145 Å². The molecule has 8 heteroatoms. The van der Waals surface area contributed by atoms with E-state index < -0.39 is 29.0 Å². The first-order chi connectivity index (χ1) is 11.9. The Morgan fingerprint density at radius 3 is 2.48 bits per heavy atom. The third-order valence-corrected chi connectivity index (χ3v) is 4.31. The van der Waals surface area contributed by atoms with Crippen LogP contribution in [0.15, 0.2) is 17.1 Å². The van der Waals surface area contributed by atoms with E-state index in [1.807, 2.05) is 0 Å². The molecule has 0 bridgehead atoms. The van der Waals surface area contributed by atoms with Crippen molar-refractivity contribution in [3.8, 4) is 0 Å². The molecule has 0 saturated heterocycles. The maximum atomic E-state index is 13.5. The molecule has 25 heavy (non-hydrogen) atoms. The van der Waals surface area contributed by atoms with Crippen molar-refractivity contribution in [1.29, 1.82) is 0 Å². The molecule has 3 N–H and O–H groups in total. The molecule has 0 unspecified atom stereocenters. The number of aliphatic imine (C=N–C) groups is 1. The molecule has 0 aliphatic heterocycles. The molecule has 5 nitrogen and oxygen atoms in total. The van der Waals surface area contributed by atoms with Gasteiger partial charge in [0.05, 0.1) is 12.2 Å². The first-order valence-corrected chi connectivity index (χ1v) is 8.31. The molecule has 0 heterocycles. The van der Waals surface area contributed by atoms with E-state index in [4.69, 9.17) is 0 Å². The minimum absolute atomic E-state index is 0.179. The van der Waals surface area contributed by atoms with Crippen molar-refractivity contribution in [2.75, 3.05) is 18.9 Å². The molecule has 0 spiro atoms. The molecule has 2 rings (SSSR count). The summed E-state index contributed by atoms with van der Waals surface area (Å²) in [5.41, 5.74) is -0.407.